The first-order chi connectivity index (χ1) is 8.58. The van der Waals surface area contributed by atoms with E-state index in [9.17, 15) is 4.79 Å². The minimum absolute atomic E-state index is 0.207. The Morgan fingerprint density at radius 2 is 2.06 bits per heavy atom. The standard InChI is InChI=1S/C13H16N4O/c1-17(2)12-6-4-3-5-10(12)16-13(18)11-7-9(14)8-15-11/h3-8,15H,14H2,1-2H3,(H,16,18). The molecule has 2 aromatic rings. The van der Waals surface area contributed by atoms with Gasteiger partial charge in [-0.1, -0.05) is 12.1 Å². The number of rotatable bonds is 3. The molecule has 0 saturated heterocycles. The smallest absolute Gasteiger partial charge is 0.272 e. The molecule has 5 heteroatoms. The normalized spacial score (nSPS) is 10.1. The molecule has 0 bridgehead atoms. The summed E-state index contributed by atoms with van der Waals surface area (Å²) in [7, 11) is 3.86. The summed E-state index contributed by atoms with van der Waals surface area (Å²) < 4.78 is 0. The van der Waals surface area contributed by atoms with Crippen LogP contribution in [0, 0.1) is 0 Å². The monoisotopic (exact) mass is 244 g/mol. The van der Waals surface area contributed by atoms with Gasteiger partial charge in [-0.2, -0.15) is 0 Å². The van der Waals surface area contributed by atoms with Crippen LogP contribution in [0.25, 0.3) is 0 Å². The van der Waals surface area contributed by atoms with Crippen LogP contribution in [0.15, 0.2) is 36.5 Å². The summed E-state index contributed by atoms with van der Waals surface area (Å²) in [6, 6.07) is 9.22. The van der Waals surface area contributed by atoms with Crippen LogP contribution in [0.2, 0.25) is 0 Å². The molecule has 1 aromatic heterocycles. The Morgan fingerprint density at radius 3 is 2.67 bits per heavy atom. The van der Waals surface area contributed by atoms with E-state index >= 15 is 0 Å². The molecule has 0 aliphatic heterocycles. The van der Waals surface area contributed by atoms with Gasteiger partial charge in [0.15, 0.2) is 0 Å². The maximum atomic E-state index is 12.0. The van der Waals surface area contributed by atoms with Crippen LogP contribution in [-0.2, 0) is 0 Å². The first-order valence-electron chi connectivity index (χ1n) is 5.59. The van der Waals surface area contributed by atoms with E-state index in [1.807, 2.05) is 43.3 Å². The molecular formula is C13H16N4O. The highest BCUT2D eigenvalue weighted by Crippen LogP contribution is 2.24. The SMILES string of the molecule is CN(C)c1ccccc1NC(=O)c1cc(N)c[nH]1. The van der Waals surface area contributed by atoms with Crippen molar-refractivity contribution in [1.29, 1.82) is 0 Å². The lowest BCUT2D eigenvalue weighted by molar-refractivity contribution is 0.102. The van der Waals surface area contributed by atoms with Gasteiger partial charge in [-0.3, -0.25) is 4.79 Å². The van der Waals surface area contributed by atoms with E-state index in [1.165, 1.54) is 0 Å². The number of nitrogens with two attached hydrogens (primary N) is 1. The maximum absolute atomic E-state index is 12.0. The summed E-state index contributed by atoms with van der Waals surface area (Å²) in [5.74, 6) is -0.207. The van der Waals surface area contributed by atoms with Gasteiger partial charge >= 0.3 is 0 Å². The fourth-order valence-corrected chi connectivity index (χ4v) is 1.70. The van der Waals surface area contributed by atoms with Crippen molar-refractivity contribution in [2.24, 2.45) is 0 Å². The second-order valence-electron chi connectivity index (χ2n) is 4.21. The number of carbonyl (C=O) groups excluding carboxylic acids is 1. The molecule has 94 valence electrons. The van der Waals surface area contributed by atoms with Crippen molar-refractivity contribution in [3.8, 4) is 0 Å². The number of aromatic amines is 1. The van der Waals surface area contributed by atoms with E-state index in [4.69, 9.17) is 5.73 Å². The fraction of sp³-hybridized carbons (Fsp3) is 0.154. The van der Waals surface area contributed by atoms with Crippen molar-refractivity contribution >= 4 is 23.0 Å². The number of nitrogen functional groups attached to an aromatic ring is 1. The van der Waals surface area contributed by atoms with E-state index in [1.54, 1.807) is 12.3 Å². The molecule has 4 N–H and O–H groups in total. The molecule has 0 aliphatic rings. The zero-order valence-electron chi connectivity index (χ0n) is 10.4. The van der Waals surface area contributed by atoms with Gasteiger partial charge in [0.25, 0.3) is 5.91 Å². The largest absolute Gasteiger partial charge is 0.397 e. The third-order valence-corrected chi connectivity index (χ3v) is 2.58. The average molecular weight is 244 g/mol. The first-order valence-corrected chi connectivity index (χ1v) is 5.59. The minimum Gasteiger partial charge on any atom is -0.397 e. The van der Waals surface area contributed by atoms with E-state index in [0.29, 0.717) is 11.4 Å². The van der Waals surface area contributed by atoms with Crippen molar-refractivity contribution < 1.29 is 4.79 Å². The predicted octanol–water partition coefficient (Wildman–Crippen LogP) is 1.92. The molecule has 18 heavy (non-hydrogen) atoms. The van der Waals surface area contributed by atoms with Gasteiger partial charge in [0.05, 0.1) is 11.4 Å². The fourth-order valence-electron chi connectivity index (χ4n) is 1.70. The Labute approximate surface area is 106 Å². The third kappa shape index (κ3) is 2.45. The number of nitrogens with one attached hydrogen (secondary N) is 2. The number of hydrogen-bond acceptors (Lipinski definition) is 3. The van der Waals surface area contributed by atoms with E-state index < -0.39 is 0 Å². The predicted molar refractivity (Wildman–Crippen MR) is 73.9 cm³/mol. The Hall–Kier alpha value is -2.43. The summed E-state index contributed by atoms with van der Waals surface area (Å²) in [6.07, 6.45) is 1.59. The zero-order chi connectivity index (χ0) is 13.1. The molecule has 1 amide bonds. The molecule has 0 spiro atoms. The maximum Gasteiger partial charge on any atom is 0.272 e. The van der Waals surface area contributed by atoms with Crippen LogP contribution in [0.1, 0.15) is 10.5 Å². The first kappa shape index (κ1) is 12.0. The molecule has 0 fully saturated rings. The molecular weight excluding hydrogens is 228 g/mol. The zero-order valence-corrected chi connectivity index (χ0v) is 10.4. The number of hydrogen-bond donors (Lipinski definition) is 3. The summed E-state index contributed by atoms with van der Waals surface area (Å²) in [4.78, 5) is 16.8. The Bertz CT molecular complexity index is 560. The number of aromatic nitrogens is 1. The quantitative estimate of drug-likeness (QED) is 0.772. The number of nitrogens with zero attached hydrogens (tertiary/aromatic N) is 1. The number of benzene rings is 1. The second-order valence-corrected chi connectivity index (χ2v) is 4.21. The van der Waals surface area contributed by atoms with Crippen molar-refractivity contribution in [3.63, 3.8) is 0 Å². The van der Waals surface area contributed by atoms with Crippen molar-refractivity contribution in [3.05, 3.63) is 42.2 Å². The number of para-hydroxylation sites is 2. The summed E-state index contributed by atoms with van der Waals surface area (Å²) >= 11 is 0. The van der Waals surface area contributed by atoms with E-state index in [2.05, 4.69) is 10.3 Å². The molecule has 0 unspecified atom stereocenters. The van der Waals surface area contributed by atoms with Gasteiger partial charge in [-0.25, -0.2) is 0 Å². The Balaban J connectivity index is 2.22. The molecule has 5 nitrogen and oxygen atoms in total. The topological polar surface area (TPSA) is 74.2 Å². The average Bonchev–Trinajstić information content (AvgIpc) is 2.76. The lowest BCUT2D eigenvalue weighted by atomic mass is 10.2. The highest BCUT2D eigenvalue weighted by atomic mass is 16.1. The summed E-state index contributed by atoms with van der Waals surface area (Å²) in [5, 5.41) is 2.85. The molecule has 0 saturated carbocycles. The molecule has 2 rings (SSSR count). The Kier molecular flexibility index (Phi) is 3.23. The van der Waals surface area contributed by atoms with Crippen molar-refractivity contribution in [2.45, 2.75) is 0 Å². The van der Waals surface area contributed by atoms with Gasteiger partial charge < -0.3 is 20.9 Å². The summed E-state index contributed by atoms with van der Waals surface area (Å²) in [5.41, 5.74) is 8.27. The van der Waals surface area contributed by atoms with Crippen LogP contribution < -0.4 is 16.0 Å². The van der Waals surface area contributed by atoms with Crippen LogP contribution >= 0.6 is 0 Å². The number of amides is 1. The second kappa shape index (κ2) is 4.83. The van der Waals surface area contributed by atoms with Crippen LogP contribution in [0.3, 0.4) is 0 Å². The van der Waals surface area contributed by atoms with Crippen molar-refractivity contribution in [1.82, 2.24) is 4.98 Å². The Morgan fingerprint density at radius 1 is 1.33 bits per heavy atom. The van der Waals surface area contributed by atoms with Gasteiger partial charge in [0.1, 0.15) is 5.69 Å². The molecule has 1 aromatic carbocycles. The summed E-state index contributed by atoms with van der Waals surface area (Å²) in [6.45, 7) is 0. The number of carbonyl (C=O) groups is 1. The van der Waals surface area contributed by atoms with Gasteiger partial charge in [0, 0.05) is 26.0 Å². The van der Waals surface area contributed by atoms with Crippen molar-refractivity contribution in [2.75, 3.05) is 30.0 Å². The third-order valence-electron chi connectivity index (χ3n) is 2.58. The van der Waals surface area contributed by atoms with Crippen LogP contribution in [0.4, 0.5) is 17.1 Å². The van der Waals surface area contributed by atoms with Crippen LogP contribution in [-0.4, -0.2) is 25.0 Å². The van der Waals surface area contributed by atoms with Crippen LogP contribution in [0.5, 0.6) is 0 Å². The number of anilines is 3. The lowest BCUT2D eigenvalue weighted by Gasteiger charge is -2.17. The minimum atomic E-state index is -0.207. The van der Waals surface area contributed by atoms with E-state index in [0.717, 1.165) is 11.4 Å². The lowest BCUT2D eigenvalue weighted by Crippen LogP contribution is -2.16. The van der Waals surface area contributed by atoms with E-state index in [-0.39, 0.29) is 5.91 Å². The molecule has 0 aliphatic carbocycles. The molecule has 1 heterocycles. The van der Waals surface area contributed by atoms with Gasteiger partial charge in [0.2, 0.25) is 0 Å². The highest BCUT2D eigenvalue weighted by Gasteiger charge is 2.11. The highest BCUT2D eigenvalue weighted by molar-refractivity contribution is 6.05. The van der Waals surface area contributed by atoms with Gasteiger partial charge in [-0.15, -0.1) is 0 Å². The number of H-pyrrole nitrogens is 1. The molecule has 0 radical (unpaired) electrons. The van der Waals surface area contributed by atoms with Gasteiger partial charge in [-0.05, 0) is 18.2 Å². The molecule has 0 atom stereocenters.